The van der Waals surface area contributed by atoms with Gasteiger partial charge in [-0.2, -0.15) is 0 Å². The molecule has 3 nitrogen and oxygen atoms in total. The van der Waals surface area contributed by atoms with Crippen LogP contribution in [0.5, 0.6) is 5.75 Å². The molecule has 0 bridgehead atoms. The quantitative estimate of drug-likeness (QED) is 0.584. The molecule has 98 valence electrons. The highest BCUT2D eigenvalue weighted by molar-refractivity contribution is 6.82. The molecule has 0 fully saturated rings. The van der Waals surface area contributed by atoms with Crippen molar-refractivity contribution in [2.75, 3.05) is 12.8 Å². The first-order valence-electron chi connectivity index (χ1n) is 6.02. The van der Waals surface area contributed by atoms with Crippen LogP contribution in [0.1, 0.15) is 17.3 Å². The first kappa shape index (κ1) is 14.5. The predicted octanol–water partition coefficient (Wildman–Crippen LogP) is 3.21. The van der Waals surface area contributed by atoms with Crippen LogP contribution in [-0.4, -0.2) is 26.9 Å². The van der Waals surface area contributed by atoms with Crippen molar-refractivity contribution in [1.82, 2.24) is 0 Å². The van der Waals surface area contributed by atoms with E-state index >= 15 is 0 Å². The van der Waals surface area contributed by atoms with Crippen LogP contribution >= 0.6 is 0 Å². The molecule has 0 heterocycles. The minimum absolute atomic E-state index is 0.301. The molecule has 4 heteroatoms. The maximum Gasteiger partial charge on any atom is 0.338 e. The molecule has 1 aromatic carbocycles. The standard InChI is InChI=1S/C14H20O3Si/c1-5-16-14(15)12-7-9-13(10-8-12)17-11-18(3,4)6-2/h6-10H,2,5,11H2,1,3-4H3. The normalized spacial score (nSPS) is 10.8. The third-order valence-corrected chi connectivity index (χ3v) is 4.52. The Balaban J connectivity index is 2.61. The van der Waals surface area contributed by atoms with Gasteiger partial charge in [0.15, 0.2) is 0 Å². The fourth-order valence-corrected chi connectivity index (χ4v) is 1.89. The molecule has 0 radical (unpaired) electrons. The van der Waals surface area contributed by atoms with Crippen LogP contribution in [0.15, 0.2) is 36.5 Å². The van der Waals surface area contributed by atoms with E-state index in [1.54, 1.807) is 31.2 Å². The highest BCUT2D eigenvalue weighted by atomic mass is 28.3. The molecule has 0 unspecified atom stereocenters. The SMILES string of the molecule is C=C[Si](C)(C)COc1ccc(C(=O)OCC)cc1. The Morgan fingerprint density at radius 1 is 1.33 bits per heavy atom. The molecule has 0 spiro atoms. The minimum Gasteiger partial charge on any atom is -0.497 e. The number of esters is 1. The molecule has 0 saturated carbocycles. The monoisotopic (exact) mass is 264 g/mol. The number of carbonyl (C=O) groups is 1. The van der Waals surface area contributed by atoms with Gasteiger partial charge in [0.25, 0.3) is 0 Å². The smallest absolute Gasteiger partial charge is 0.338 e. The van der Waals surface area contributed by atoms with Gasteiger partial charge in [-0.05, 0) is 31.2 Å². The Bertz CT molecular complexity index is 410. The highest BCUT2D eigenvalue weighted by Crippen LogP contribution is 2.15. The third kappa shape index (κ3) is 4.37. The number of carbonyl (C=O) groups excluding carboxylic acids is 1. The number of rotatable bonds is 6. The highest BCUT2D eigenvalue weighted by Gasteiger charge is 2.17. The summed E-state index contributed by atoms with van der Waals surface area (Å²) in [6, 6.07) is 7.02. The Labute approximate surface area is 109 Å². The first-order valence-corrected chi connectivity index (χ1v) is 9.30. The Morgan fingerprint density at radius 2 is 1.94 bits per heavy atom. The summed E-state index contributed by atoms with van der Waals surface area (Å²) < 4.78 is 10.6. The molecule has 0 amide bonds. The summed E-state index contributed by atoms with van der Waals surface area (Å²) >= 11 is 0. The fraction of sp³-hybridized carbons (Fsp3) is 0.357. The van der Waals surface area contributed by atoms with Crippen LogP contribution in [0.4, 0.5) is 0 Å². The van der Waals surface area contributed by atoms with Gasteiger partial charge in [-0.3, -0.25) is 0 Å². The molecule has 0 N–H and O–H groups in total. The molecule has 0 aliphatic heterocycles. The van der Waals surface area contributed by atoms with Gasteiger partial charge in [0.1, 0.15) is 13.8 Å². The largest absolute Gasteiger partial charge is 0.497 e. The Morgan fingerprint density at radius 3 is 2.44 bits per heavy atom. The molecule has 0 aliphatic carbocycles. The zero-order valence-corrected chi connectivity index (χ0v) is 12.2. The van der Waals surface area contributed by atoms with Crippen molar-refractivity contribution in [2.24, 2.45) is 0 Å². The van der Waals surface area contributed by atoms with Crippen LogP contribution in [0, 0.1) is 0 Å². The molecule has 1 aromatic rings. The molecule has 0 aromatic heterocycles. The zero-order chi connectivity index (χ0) is 13.6. The van der Waals surface area contributed by atoms with Gasteiger partial charge >= 0.3 is 5.97 Å². The second kappa shape index (κ2) is 6.40. The lowest BCUT2D eigenvalue weighted by atomic mass is 10.2. The van der Waals surface area contributed by atoms with Crippen molar-refractivity contribution < 1.29 is 14.3 Å². The first-order chi connectivity index (χ1) is 8.48. The average molecular weight is 264 g/mol. The summed E-state index contributed by atoms with van der Waals surface area (Å²) in [6.45, 7) is 10.4. The third-order valence-electron chi connectivity index (χ3n) is 2.53. The second-order valence-electron chi connectivity index (χ2n) is 4.73. The molecular formula is C14H20O3Si. The van der Waals surface area contributed by atoms with E-state index in [0.29, 0.717) is 18.4 Å². The molecule has 0 atom stereocenters. The number of ether oxygens (including phenoxy) is 2. The molecule has 1 rings (SSSR count). The number of benzene rings is 1. The summed E-state index contributed by atoms with van der Waals surface area (Å²) in [5.41, 5.74) is 2.55. The predicted molar refractivity (Wildman–Crippen MR) is 75.6 cm³/mol. The fourth-order valence-electron chi connectivity index (χ4n) is 1.23. The summed E-state index contributed by atoms with van der Waals surface area (Å²) in [7, 11) is -1.46. The van der Waals surface area contributed by atoms with Crippen LogP contribution in [0.25, 0.3) is 0 Å². The van der Waals surface area contributed by atoms with Crippen molar-refractivity contribution in [3.63, 3.8) is 0 Å². The number of hydrogen-bond donors (Lipinski definition) is 0. The van der Waals surface area contributed by atoms with Crippen molar-refractivity contribution >= 4 is 14.0 Å². The lowest BCUT2D eigenvalue weighted by Crippen LogP contribution is -2.31. The number of hydrogen-bond acceptors (Lipinski definition) is 3. The van der Waals surface area contributed by atoms with Gasteiger partial charge in [-0.15, -0.1) is 6.58 Å². The Kier molecular flexibility index (Phi) is 5.16. The lowest BCUT2D eigenvalue weighted by Gasteiger charge is -2.17. The summed E-state index contributed by atoms with van der Waals surface area (Å²) in [6.07, 6.45) is 0.690. The summed E-state index contributed by atoms with van der Waals surface area (Å²) in [5, 5.41) is 0. The van der Waals surface area contributed by atoms with E-state index in [-0.39, 0.29) is 5.97 Å². The van der Waals surface area contributed by atoms with E-state index in [9.17, 15) is 4.79 Å². The molecule has 0 aliphatic rings. The van der Waals surface area contributed by atoms with Crippen LogP contribution in [0.2, 0.25) is 13.1 Å². The molecule has 0 saturated heterocycles. The van der Waals surface area contributed by atoms with Gasteiger partial charge in [-0.25, -0.2) is 4.79 Å². The van der Waals surface area contributed by atoms with Gasteiger partial charge in [0.2, 0.25) is 0 Å². The summed E-state index contributed by atoms with van der Waals surface area (Å²) in [5.74, 6) is 0.468. The van der Waals surface area contributed by atoms with Gasteiger partial charge < -0.3 is 9.47 Å². The van der Waals surface area contributed by atoms with Crippen molar-refractivity contribution in [2.45, 2.75) is 20.0 Å². The zero-order valence-electron chi connectivity index (χ0n) is 11.2. The van der Waals surface area contributed by atoms with Gasteiger partial charge in [0, 0.05) is 0 Å². The van der Waals surface area contributed by atoms with Crippen LogP contribution in [0.3, 0.4) is 0 Å². The van der Waals surface area contributed by atoms with Gasteiger partial charge in [-0.1, -0.05) is 18.8 Å². The maximum absolute atomic E-state index is 11.4. The van der Waals surface area contributed by atoms with Crippen molar-refractivity contribution in [3.05, 3.63) is 42.1 Å². The van der Waals surface area contributed by atoms with E-state index in [1.807, 2.05) is 5.70 Å². The van der Waals surface area contributed by atoms with Crippen molar-refractivity contribution in [3.8, 4) is 5.75 Å². The Hall–Kier alpha value is -1.55. The molecular weight excluding hydrogens is 244 g/mol. The average Bonchev–Trinajstić information content (AvgIpc) is 2.37. The van der Waals surface area contributed by atoms with Crippen LogP contribution < -0.4 is 4.74 Å². The van der Waals surface area contributed by atoms with E-state index in [4.69, 9.17) is 9.47 Å². The molecule has 18 heavy (non-hydrogen) atoms. The van der Waals surface area contributed by atoms with Gasteiger partial charge in [0.05, 0.1) is 18.4 Å². The topological polar surface area (TPSA) is 35.5 Å². The summed E-state index contributed by atoms with van der Waals surface area (Å²) in [4.78, 5) is 11.4. The van der Waals surface area contributed by atoms with E-state index < -0.39 is 8.07 Å². The minimum atomic E-state index is -1.46. The van der Waals surface area contributed by atoms with Crippen LogP contribution in [-0.2, 0) is 4.74 Å². The van der Waals surface area contributed by atoms with E-state index in [2.05, 4.69) is 19.7 Å². The maximum atomic E-state index is 11.4. The van der Waals surface area contributed by atoms with E-state index in [1.165, 1.54) is 0 Å². The second-order valence-corrected chi connectivity index (χ2v) is 9.40. The van der Waals surface area contributed by atoms with E-state index in [0.717, 1.165) is 5.75 Å². The van der Waals surface area contributed by atoms with Crippen molar-refractivity contribution in [1.29, 1.82) is 0 Å². The lowest BCUT2D eigenvalue weighted by molar-refractivity contribution is 0.0526.